The lowest BCUT2D eigenvalue weighted by Gasteiger charge is -2.33. The van der Waals surface area contributed by atoms with Gasteiger partial charge in [0.25, 0.3) is 0 Å². The van der Waals surface area contributed by atoms with Gasteiger partial charge in [-0.25, -0.2) is 0 Å². The zero-order chi connectivity index (χ0) is 11.6. The van der Waals surface area contributed by atoms with Gasteiger partial charge in [0.1, 0.15) is 0 Å². The molecule has 2 rings (SSSR count). The third-order valence-corrected chi connectivity index (χ3v) is 4.29. The van der Waals surface area contributed by atoms with Gasteiger partial charge in [0, 0.05) is 13.1 Å². The van der Waals surface area contributed by atoms with E-state index in [9.17, 15) is 5.11 Å². The van der Waals surface area contributed by atoms with Crippen LogP contribution in [0.5, 0.6) is 0 Å². The van der Waals surface area contributed by atoms with Crippen LogP contribution < -0.4 is 5.73 Å². The number of aliphatic hydroxyl groups excluding tert-OH is 1. The maximum atomic E-state index is 9.45. The quantitative estimate of drug-likeness (QED) is 0.715. The molecular weight excluding hydrogens is 200 g/mol. The van der Waals surface area contributed by atoms with E-state index in [1.807, 2.05) is 0 Å². The lowest BCUT2D eigenvalue weighted by molar-refractivity contribution is 0.125. The summed E-state index contributed by atoms with van der Waals surface area (Å²) in [4.78, 5) is 2.34. The van der Waals surface area contributed by atoms with E-state index in [-0.39, 0.29) is 12.1 Å². The molecule has 0 aromatic rings. The summed E-state index contributed by atoms with van der Waals surface area (Å²) in [5.41, 5.74) is 5.95. The highest BCUT2D eigenvalue weighted by Gasteiger charge is 2.42. The van der Waals surface area contributed by atoms with E-state index in [0.29, 0.717) is 5.92 Å². The van der Waals surface area contributed by atoms with Crippen molar-refractivity contribution < 1.29 is 5.11 Å². The van der Waals surface area contributed by atoms with Crippen LogP contribution in [-0.2, 0) is 0 Å². The summed E-state index contributed by atoms with van der Waals surface area (Å²) in [5.74, 6) is 1.43. The number of hydrogen-bond acceptors (Lipinski definition) is 3. The fourth-order valence-electron chi connectivity index (χ4n) is 3.17. The van der Waals surface area contributed by atoms with Crippen molar-refractivity contribution in [2.45, 2.75) is 44.1 Å². The average molecular weight is 226 g/mol. The molecule has 0 amide bonds. The third kappa shape index (κ3) is 2.96. The molecule has 0 spiro atoms. The number of nitrogens with two attached hydrogens (primary N) is 1. The van der Waals surface area contributed by atoms with E-state index in [0.717, 1.165) is 19.0 Å². The third-order valence-electron chi connectivity index (χ3n) is 4.29. The molecular formula is C13H26N2O. The van der Waals surface area contributed by atoms with Crippen LogP contribution in [0.4, 0.5) is 0 Å². The van der Waals surface area contributed by atoms with Gasteiger partial charge < -0.3 is 15.7 Å². The fourth-order valence-corrected chi connectivity index (χ4v) is 3.17. The molecule has 0 bridgehead atoms. The van der Waals surface area contributed by atoms with E-state index < -0.39 is 0 Å². The first-order chi connectivity index (χ1) is 7.64. The van der Waals surface area contributed by atoms with E-state index in [4.69, 9.17) is 5.73 Å². The van der Waals surface area contributed by atoms with E-state index in [1.54, 1.807) is 0 Å². The second-order valence-corrected chi connectivity index (χ2v) is 6.01. The highest BCUT2D eigenvalue weighted by molar-refractivity contribution is 5.00. The molecule has 16 heavy (non-hydrogen) atoms. The minimum absolute atomic E-state index is 0.132. The summed E-state index contributed by atoms with van der Waals surface area (Å²) in [5, 5.41) is 9.45. The number of likely N-dealkylation sites (N-methyl/N-ethyl adjacent to an activating group) is 1. The van der Waals surface area contributed by atoms with E-state index >= 15 is 0 Å². The van der Waals surface area contributed by atoms with Gasteiger partial charge >= 0.3 is 0 Å². The van der Waals surface area contributed by atoms with Crippen molar-refractivity contribution in [2.24, 2.45) is 17.6 Å². The number of nitrogens with zero attached hydrogens (tertiary/aromatic N) is 1. The second-order valence-electron chi connectivity index (χ2n) is 6.01. The largest absolute Gasteiger partial charge is 0.394 e. The maximum absolute atomic E-state index is 9.45. The number of aliphatic hydroxyl groups is 1. The Bertz CT molecular complexity index is 224. The van der Waals surface area contributed by atoms with Crippen LogP contribution in [0.15, 0.2) is 0 Å². The molecule has 1 atom stereocenters. The predicted octanol–water partition coefficient (Wildman–Crippen LogP) is 1.21. The van der Waals surface area contributed by atoms with Gasteiger partial charge in [0.2, 0.25) is 0 Å². The molecule has 3 heteroatoms. The molecule has 0 saturated heterocycles. The Morgan fingerprint density at radius 1 is 1.25 bits per heavy atom. The zero-order valence-electron chi connectivity index (χ0n) is 10.5. The summed E-state index contributed by atoms with van der Waals surface area (Å²) in [7, 11) is 2.15. The Hall–Kier alpha value is -0.120. The van der Waals surface area contributed by atoms with Gasteiger partial charge in [-0.15, -0.1) is 0 Å². The maximum Gasteiger partial charge on any atom is 0.0626 e. The first-order valence-electron chi connectivity index (χ1n) is 6.72. The standard InChI is InChI=1S/C13H26N2O/c1-15(8-11-4-2-3-5-11)9-13(14,10-16)12-6-7-12/h11-12,16H,2-10,14H2,1H3. The lowest BCUT2D eigenvalue weighted by atomic mass is 9.94. The molecule has 0 radical (unpaired) electrons. The highest BCUT2D eigenvalue weighted by atomic mass is 16.3. The van der Waals surface area contributed by atoms with Crippen LogP contribution in [0.1, 0.15) is 38.5 Å². The Morgan fingerprint density at radius 3 is 2.38 bits per heavy atom. The van der Waals surface area contributed by atoms with Crippen LogP contribution in [0.25, 0.3) is 0 Å². The smallest absolute Gasteiger partial charge is 0.0626 e. The Morgan fingerprint density at radius 2 is 1.88 bits per heavy atom. The Balaban J connectivity index is 1.78. The fraction of sp³-hybridized carbons (Fsp3) is 1.00. The van der Waals surface area contributed by atoms with Crippen molar-refractivity contribution in [1.29, 1.82) is 0 Å². The average Bonchev–Trinajstić information content (AvgIpc) is 3.00. The van der Waals surface area contributed by atoms with Crippen LogP contribution in [0, 0.1) is 11.8 Å². The van der Waals surface area contributed by atoms with Crippen LogP contribution >= 0.6 is 0 Å². The molecule has 2 saturated carbocycles. The summed E-state index contributed by atoms with van der Waals surface area (Å²) in [6.07, 6.45) is 7.96. The molecule has 94 valence electrons. The van der Waals surface area contributed by atoms with E-state index in [1.165, 1.54) is 38.5 Å². The van der Waals surface area contributed by atoms with Crippen molar-refractivity contribution in [2.75, 3.05) is 26.7 Å². The van der Waals surface area contributed by atoms with Crippen molar-refractivity contribution in [3.63, 3.8) is 0 Å². The molecule has 2 fully saturated rings. The first-order valence-corrected chi connectivity index (χ1v) is 6.72. The lowest BCUT2D eigenvalue weighted by Crippen LogP contribution is -2.54. The van der Waals surface area contributed by atoms with Crippen LogP contribution in [0.2, 0.25) is 0 Å². The van der Waals surface area contributed by atoms with Gasteiger partial charge in [0.05, 0.1) is 12.1 Å². The molecule has 1 unspecified atom stereocenters. The summed E-state index contributed by atoms with van der Waals surface area (Å²) >= 11 is 0. The molecule has 3 N–H and O–H groups in total. The van der Waals surface area contributed by atoms with Crippen LogP contribution in [0.3, 0.4) is 0 Å². The van der Waals surface area contributed by atoms with Gasteiger partial charge in [-0.1, -0.05) is 12.8 Å². The Kier molecular flexibility index (Phi) is 3.88. The normalized spacial score (nSPS) is 26.2. The molecule has 0 aromatic carbocycles. The second kappa shape index (κ2) is 5.03. The molecule has 2 aliphatic carbocycles. The number of rotatable bonds is 6. The topological polar surface area (TPSA) is 49.5 Å². The molecule has 0 aromatic heterocycles. The van der Waals surface area contributed by atoms with Gasteiger partial charge in [0.15, 0.2) is 0 Å². The van der Waals surface area contributed by atoms with Crippen LogP contribution in [-0.4, -0.2) is 42.3 Å². The SMILES string of the molecule is CN(CC1CCCC1)CC(N)(CO)C1CC1. The highest BCUT2D eigenvalue weighted by Crippen LogP contribution is 2.38. The van der Waals surface area contributed by atoms with E-state index in [2.05, 4.69) is 11.9 Å². The minimum Gasteiger partial charge on any atom is -0.394 e. The molecule has 0 aliphatic heterocycles. The minimum atomic E-state index is -0.340. The van der Waals surface area contributed by atoms with Gasteiger partial charge in [-0.05, 0) is 44.6 Å². The van der Waals surface area contributed by atoms with Crippen molar-refractivity contribution >= 4 is 0 Å². The van der Waals surface area contributed by atoms with Crippen molar-refractivity contribution in [1.82, 2.24) is 4.90 Å². The Labute approximate surface area is 99.0 Å². The first kappa shape index (κ1) is 12.3. The zero-order valence-corrected chi connectivity index (χ0v) is 10.5. The molecule has 0 heterocycles. The number of hydrogen-bond donors (Lipinski definition) is 2. The summed E-state index contributed by atoms with van der Waals surface area (Å²) in [6, 6.07) is 0. The van der Waals surface area contributed by atoms with Crippen molar-refractivity contribution in [3.05, 3.63) is 0 Å². The van der Waals surface area contributed by atoms with Gasteiger partial charge in [-0.2, -0.15) is 0 Å². The van der Waals surface area contributed by atoms with Crippen molar-refractivity contribution in [3.8, 4) is 0 Å². The summed E-state index contributed by atoms with van der Waals surface area (Å²) in [6.45, 7) is 2.14. The van der Waals surface area contributed by atoms with Gasteiger partial charge in [-0.3, -0.25) is 0 Å². The molecule has 3 nitrogen and oxygen atoms in total. The predicted molar refractivity (Wildman–Crippen MR) is 66.2 cm³/mol. The molecule has 2 aliphatic rings. The summed E-state index contributed by atoms with van der Waals surface area (Å²) < 4.78 is 0. The monoisotopic (exact) mass is 226 g/mol.